The molecule has 0 aromatic heterocycles. The molecule has 0 bridgehead atoms. The van der Waals surface area contributed by atoms with Gasteiger partial charge in [0.2, 0.25) is 5.76 Å². The minimum Gasteiger partial charge on any atom is -0.475 e. The van der Waals surface area contributed by atoms with E-state index in [0.717, 1.165) is 12.1 Å². The topological polar surface area (TPSA) is 46.5 Å². The van der Waals surface area contributed by atoms with Crippen LogP contribution in [0.1, 0.15) is 12.5 Å². The maximum absolute atomic E-state index is 12.9. The van der Waals surface area contributed by atoms with Crippen LogP contribution in [-0.4, -0.2) is 11.1 Å². The lowest BCUT2D eigenvalue weighted by atomic mass is 10.2. The number of alkyl halides is 3. The van der Waals surface area contributed by atoms with Crippen molar-refractivity contribution >= 4 is 5.97 Å². The molecule has 7 heteroatoms. The van der Waals surface area contributed by atoms with Crippen molar-refractivity contribution in [2.45, 2.75) is 13.1 Å². The second-order valence-corrected chi connectivity index (χ2v) is 3.20. The number of carboxylic acid groups (broad SMARTS) is 1. The molecule has 18 heavy (non-hydrogen) atoms. The summed E-state index contributed by atoms with van der Waals surface area (Å²) in [5.74, 6) is -3.84. The minimum atomic E-state index is -4.87. The normalized spacial score (nSPS) is 12.4. The lowest BCUT2D eigenvalue weighted by Gasteiger charge is -2.11. The first-order chi connectivity index (χ1) is 8.25. The van der Waals surface area contributed by atoms with Crippen LogP contribution in [-0.2, 0) is 11.0 Å². The van der Waals surface area contributed by atoms with E-state index in [9.17, 15) is 22.4 Å². The molecule has 0 spiro atoms. The Morgan fingerprint density at radius 1 is 1.39 bits per heavy atom. The molecule has 1 N–H and O–H groups in total. The third-order valence-corrected chi connectivity index (χ3v) is 1.94. The Kier molecular flexibility index (Phi) is 3.95. The number of ether oxygens (including phenoxy) is 1. The Balaban J connectivity index is 3.10. The average molecular weight is 264 g/mol. The monoisotopic (exact) mass is 264 g/mol. The summed E-state index contributed by atoms with van der Waals surface area (Å²) < 4.78 is 54.8. The summed E-state index contributed by atoms with van der Waals surface area (Å²) in [5.41, 5.74) is -1.51. The summed E-state index contributed by atoms with van der Waals surface area (Å²) in [4.78, 5) is 10.6. The van der Waals surface area contributed by atoms with Crippen molar-refractivity contribution in [3.63, 3.8) is 0 Å². The van der Waals surface area contributed by atoms with Crippen LogP contribution in [0.4, 0.5) is 17.6 Å². The predicted molar refractivity (Wildman–Crippen MR) is 53.4 cm³/mol. The fourth-order valence-corrected chi connectivity index (χ4v) is 1.14. The van der Waals surface area contributed by atoms with Crippen molar-refractivity contribution in [3.8, 4) is 5.75 Å². The SMILES string of the molecule is CC=C(Oc1ccc(F)c(C(F)(F)F)c1)C(=O)O. The van der Waals surface area contributed by atoms with Crippen molar-refractivity contribution in [3.05, 3.63) is 41.4 Å². The van der Waals surface area contributed by atoms with E-state index in [4.69, 9.17) is 9.84 Å². The maximum atomic E-state index is 12.9. The van der Waals surface area contributed by atoms with Gasteiger partial charge in [-0.05, 0) is 31.2 Å². The molecule has 3 nitrogen and oxygen atoms in total. The van der Waals surface area contributed by atoms with Crippen molar-refractivity contribution in [1.29, 1.82) is 0 Å². The van der Waals surface area contributed by atoms with E-state index in [1.807, 2.05) is 0 Å². The maximum Gasteiger partial charge on any atom is 0.419 e. The molecule has 0 aliphatic rings. The zero-order chi connectivity index (χ0) is 13.9. The Labute approximate surface area is 99.3 Å². The fourth-order valence-electron chi connectivity index (χ4n) is 1.14. The van der Waals surface area contributed by atoms with Gasteiger partial charge in [0.25, 0.3) is 0 Å². The summed E-state index contributed by atoms with van der Waals surface area (Å²) in [5, 5.41) is 8.63. The zero-order valence-corrected chi connectivity index (χ0v) is 9.08. The number of allylic oxidation sites excluding steroid dienone is 1. The highest BCUT2D eigenvalue weighted by molar-refractivity contribution is 5.84. The van der Waals surface area contributed by atoms with Crippen LogP contribution in [0.3, 0.4) is 0 Å². The van der Waals surface area contributed by atoms with Gasteiger partial charge in [0, 0.05) is 0 Å². The van der Waals surface area contributed by atoms with E-state index in [-0.39, 0.29) is 0 Å². The molecule has 0 radical (unpaired) electrons. The van der Waals surface area contributed by atoms with Gasteiger partial charge >= 0.3 is 12.1 Å². The summed E-state index contributed by atoms with van der Waals surface area (Å²) >= 11 is 0. The van der Waals surface area contributed by atoms with Gasteiger partial charge in [-0.2, -0.15) is 13.2 Å². The number of carboxylic acids is 1. The molecule has 0 aliphatic carbocycles. The first-order valence-electron chi connectivity index (χ1n) is 4.70. The molecule has 0 saturated carbocycles. The Morgan fingerprint density at radius 3 is 2.44 bits per heavy atom. The van der Waals surface area contributed by atoms with E-state index < -0.39 is 35.0 Å². The second-order valence-electron chi connectivity index (χ2n) is 3.20. The van der Waals surface area contributed by atoms with Gasteiger partial charge in [0.1, 0.15) is 11.6 Å². The second kappa shape index (κ2) is 5.07. The minimum absolute atomic E-state index is 0.403. The van der Waals surface area contributed by atoms with E-state index in [1.165, 1.54) is 6.92 Å². The highest BCUT2D eigenvalue weighted by Gasteiger charge is 2.34. The molecule has 0 fully saturated rings. The summed E-state index contributed by atoms with van der Waals surface area (Å²) in [6, 6.07) is 1.88. The fraction of sp³-hybridized carbons (Fsp3) is 0.182. The van der Waals surface area contributed by atoms with Gasteiger partial charge in [0.15, 0.2) is 0 Å². The third-order valence-electron chi connectivity index (χ3n) is 1.94. The van der Waals surface area contributed by atoms with E-state index in [1.54, 1.807) is 0 Å². The average Bonchev–Trinajstić information content (AvgIpc) is 2.25. The van der Waals surface area contributed by atoms with Crippen molar-refractivity contribution in [2.75, 3.05) is 0 Å². The van der Waals surface area contributed by atoms with Gasteiger partial charge in [-0.3, -0.25) is 0 Å². The highest BCUT2D eigenvalue weighted by atomic mass is 19.4. The van der Waals surface area contributed by atoms with Gasteiger partial charge in [-0.25, -0.2) is 9.18 Å². The van der Waals surface area contributed by atoms with Crippen LogP contribution in [0.5, 0.6) is 5.75 Å². The van der Waals surface area contributed by atoms with Crippen LogP contribution in [0.2, 0.25) is 0 Å². The van der Waals surface area contributed by atoms with Crippen molar-refractivity contribution < 1.29 is 32.2 Å². The third kappa shape index (κ3) is 3.22. The predicted octanol–water partition coefficient (Wildman–Crippen LogP) is 3.21. The number of benzene rings is 1. The largest absolute Gasteiger partial charge is 0.475 e. The van der Waals surface area contributed by atoms with Crippen LogP contribution < -0.4 is 4.74 Å². The molecule has 0 heterocycles. The first-order valence-corrected chi connectivity index (χ1v) is 4.70. The van der Waals surface area contributed by atoms with E-state index in [0.29, 0.717) is 12.1 Å². The van der Waals surface area contributed by atoms with Crippen LogP contribution >= 0.6 is 0 Å². The van der Waals surface area contributed by atoms with E-state index in [2.05, 4.69) is 0 Å². The highest BCUT2D eigenvalue weighted by Crippen LogP contribution is 2.33. The molecule has 98 valence electrons. The number of hydrogen-bond acceptors (Lipinski definition) is 2. The van der Waals surface area contributed by atoms with Gasteiger partial charge in [-0.15, -0.1) is 0 Å². The lowest BCUT2D eigenvalue weighted by Crippen LogP contribution is -2.10. The van der Waals surface area contributed by atoms with Crippen molar-refractivity contribution in [2.24, 2.45) is 0 Å². The van der Waals surface area contributed by atoms with Crippen molar-refractivity contribution in [1.82, 2.24) is 0 Å². The Morgan fingerprint density at radius 2 is 2.00 bits per heavy atom. The molecule has 1 rings (SSSR count). The molecule has 1 aromatic rings. The molecule has 0 atom stereocenters. The standard InChI is InChI=1S/C11H8F4O3/c1-2-9(10(16)17)18-6-3-4-8(12)7(5-6)11(13,14)15/h2-5H,1H3,(H,16,17). The van der Waals surface area contributed by atoms with Gasteiger partial charge in [-0.1, -0.05) is 0 Å². The smallest absolute Gasteiger partial charge is 0.419 e. The summed E-state index contributed by atoms with van der Waals surface area (Å²) in [6.07, 6.45) is -3.80. The number of carbonyl (C=O) groups is 1. The molecule has 0 amide bonds. The molecule has 0 saturated heterocycles. The zero-order valence-electron chi connectivity index (χ0n) is 9.08. The summed E-state index contributed by atoms with van der Waals surface area (Å²) in [6.45, 7) is 1.34. The van der Waals surface area contributed by atoms with Crippen LogP contribution in [0, 0.1) is 5.82 Å². The molecular formula is C11H8F4O3. The quantitative estimate of drug-likeness (QED) is 0.518. The van der Waals surface area contributed by atoms with Gasteiger partial charge in [0.05, 0.1) is 5.56 Å². The van der Waals surface area contributed by atoms with Gasteiger partial charge < -0.3 is 9.84 Å². The molecular weight excluding hydrogens is 256 g/mol. The number of hydrogen-bond donors (Lipinski definition) is 1. The number of rotatable bonds is 3. The van der Waals surface area contributed by atoms with Crippen LogP contribution in [0.25, 0.3) is 0 Å². The lowest BCUT2D eigenvalue weighted by molar-refractivity contribution is -0.140. The molecule has 1 aromatic carbocycles. The Hall–Kier alpha value is -2.05. The van der Waals surface area contributed by atoms with Crippen LogP contribution in [0.15, 0.2) is 30.0 Å². The summed E-state index contributed by atoms with van der Waals surface area (Å²) in [7, 11) is 0. The molecule has 0 aliphatic heterocycles. The Bertz CT molecular complexity index is 492. The number of halogens is 4. The first kappa shape index (κ1) is 14.0. The number of aliphatic carboxylic acids is 1. The van der Waals surface area contributed by atoms with E-state index >= 15 is 0 Å². The molecule has 0 unspecified atom stereocenters.